The van der Waals surface area contributed by atoms with Gasteiger partial charge in [0.2, 0.25) is 0 Å². The quantitative estimate of drug-likeness (QED) is 0.566. The van der Waals surface area contributed by atoms with E-state index in [1.54, 1.807) is 0 Å². The Balaban J connectivity index is 2.57. The second kappa shape index (κ2) is 7.59. The molecule has 0 aliphatic heterocycles. The molecule has 0 bridgehead atoms. The van der Waals surface area contributed by atoms with Crippen LogP contribution in [0.2, 0.25) is 0 Å². The second-order valence-corrected chi connectivity index (χ2v) is 4.69. The normalized spacial score (nSPS) is 10.7. The summed E-state index contributed by atoms with van der Waals surface area (Å²) in [6, 6.07) is 2.43. The Bertz CT molecular complexity index is 422. The molecule has 0 amide bonds. The standard InChI is InChI=1S/C13H15BrF2O2/c1-2-18-7-3-4-9(17)8-10-12(15)6-5-11(14)13(10)16/h5-6H,2-4,7-8H2,1H3. The zero-order valence-corrected chi connectivity index (χ0v) is 11.7. The fourth-order valence-electron chi connectivity index (χ4n) is 1.53. The van der Waals surface area contributed by atoms with Gasteiger partial charge in [0.25, 0.3) is 0 Å². The van der Waals surface area contributed by atoms with Crippen molar-refractivity contribution >= 4 is 21.7 Å². The average Bonchev–Trinajstić information content (AvgIpc) is 2.35. The fraction of sp³-hybridized carbons (Fsp3) is 0.462. The summed E-state index contributed by atoms with van der Waals surface area (Å²) in [6.45, 7) is 2.96. The Morgan fingerprint density at radius 2 is 2.11 bits per heavy atom. The van der Waals surface area contributed by atoms with Gasteiger partial charge >= 0.3 is 0 Å². The lowest BCUT2D eigenvalue weighted by atomic mass is 10.0. The smallest absolute Gasteiger partial charge is 0.143 e. The summed E-state index contributed by atoms with van der Waals surface area (Å²) in [5, 5.41) is 0. The van der Waals surface area contributed by atoms with Gasteiger partial charge in [-0.15, -0.1) is 0 Å². The van der Waals surface area contributed by atoms with Crippen LogP contribution in [0, 0.1) is 11.6 Å². The van der Waals surface area contributed by atoms with Crippen molar-refractivity contribution in [3.63, 3.8) is 0 Å². The number of Topliss-reactive ketones (excluding diaryl/α,β-unsaturated/α-hetero) is 1. The van der Waals surface area contributed by atoms with E-state index in [9.17, 15) is 13.6 Å². The van der Waals surface area contributed by atoms with E-state index in [0.29, 0.717) is 19.6 Å². The highest BCUT2D eigenvalue weighted by molar-refractivity contribution is 9.10. The minimum absolute atomic E-state index is 0.168. The lowest BCUT2D eigenvalue weighted by Gasteiger charge is -2.06. The average molecular weight is 321 g/mol. The van der Waals surface area contributed by atoms with Crippen LogP contribution >= 0.6 is 15.9 Å². The Hall–Kier alpha value is -0.810. The lowest BCUT2D eigenvalue weighted by Crippen LogP contribution is -2.08. The monoisotopic (exact) mass is 320 g/mol. The predicted molar refractivity (Wildman–Crippen MR) is 68.5 cm³/mol. The minimum Gasteiger partial charge on any atom is -0.382 e. The first-order valence-corrected chi connectivity index (χ1v) is 6.57. The number of hydrogen-bond donors (Lipinski definition) is 0. The van der Waals surface area contributed by atoms with Crippen LogP contribution < -0.4 is 0 Å². The minimum atomic E-state index is -0.701. The molecule has 0 unspecified atom stereocenters. The molecule has 1 aromatic rings. The number of carbonyl (C=O) groups is 1. The summed E-state index contributed by atoms with van der Waals surface area (Å²) < 4.78 is 32.3. The Kier molecular flexibility index (Phi) is 6.43. The van der Waals surface area contributed by atoms with E-state index in [1.165, 1.54) is 6.07 Å². The van der Waals surface area contributed by atoms with Crippen LogP contribution in [0.4, 0.5) is 8.78 Å². The number of carbonyl (C=O) groups excluding carboxylic acids is 1. The third-order valence-electron chi connectivity index (χ3n) is 2.46. The molecule has 0 spiro atoms. The SMILES string of the molecule is CCOCCCC(=O)Cc1c(F)ccc(Br)c1F. The zero-order chi connectivity index (χ0) is 13.5. The molecule has 0 aliphatic rings. The van der Waals surface area contributed by atoms with E-state index in [1.807, 2.05) is 6.92 Å². The van der Waals surface area contributed by atoms with Crippen molar-refractivity contribution in [1.29, 1.82) is 0 Å². The van der Waals surface area contributed by atoms with E-state index in [0.717, 1.165) is 6.07 Å². The van der Waals surface area contributed by atoms with Crippen molar-refractivity contribution < 1.29 is 18.3 Å². The highest BCUT2D eigenvalue weighted by Gasteiger charge is 2.15. The summed E-state index contributed by atoms with van der Waals surface area (Å²) in [5.74, 6) is -1.58. The largest absolute Gasteiger partial charge is 0.382 e. The highest BCUT2D eigenvalue weighted by Crippen LogP contribution is 2.22. The maximum atomic E-state index is 13.6. The molecule has 0 saturated heterocycles. The molecule has 0 heterocycles. The summed E-state index contributed by atoms with van der Waals surface area (Å²) in [5.41, 5.74) is -0.175. The zero-order valence-electron chi connectivity index (χ0n) is 10.1. The highest BCUT2D eigenvalue weighted by atomic mass is 79.9. The van der Waals surface area contributed by atoms with E-state index in [-0.39, 0.29) is 28.7 Å². The second-order valence-electron chi connectivity index (χ2n) is 3.84. The van der Waals surface area contributed by atoms with E-state index in [2.05, 4.69) is 15.9 Å². The van der Waals surface area contributed by atoms with Crippen molar-refractivity contribution in [2.75, 3.05) is 13.2 Å². The van der Waals surface area contributed by atoms with Gasteiger partial charge in [0.15, 0.2) is 0 Å². The van der Waals surface area contributed by atoms with Gasteiger partial charge in [-0.25, -0.2) is 8.78 Å². The number of hydrogen-bond acceptors (Lipinski definition) is 2. The van der Waals surface area contributed by atoms with Crippen molar-refractivity contribution in [3.05, 3.63) is 33.8 Å². The van der Waals surface area contributed by atoms with Crippen LogP contribution in [0.1, 0.15) is 25.3 Å². The summed E-state index contributed by atoms with van der Waals surface area (Å²) in [6.07, 6.45) is 0.624. The van der Waals surface area contributed by atoms with Crippen LogP contribution in [-0.2, 0) is 16.0 Å². The third kappa shape index (κ3) is 4.46. The van der Waals surface area contributed by atoms with Crippen LogP contribution in [0.15, 0.2) is 16.6 Å². The molecule has 0 fully saturated rings. The van der Waals surface area contributed by atoms with Crippen molar-refractivity contribution in [2.24, 2.45) is 0 Å². The number of halogens is 3. The van der Waals surface area contributed by atoms with Crippen LogP contribution in [0.3, 0.4) is 0 Å². The van der Waals surface area contributed by atoms with Gasteiger partial charge in [0.1, 0.15) is 17.4 Å². The Labute approximate surface area is 113 Å². The number of rotatable bonds is 7. The molecule has 2 nitrogen and oxygen atoms in total. The third-order valence-corrected chi connectivity index (χ3v) is 3.07. The van der Waals surface area contributed by atoms with E-state index >= 15 is 0 Å². The molecular weight excluding hydrogens is 306 g/mol. The molecule has 0 aromatic heterocycles. The Morgan fingerprint density at radius 1 is 1.39 bits per heavy atom. The van der Waals surface area contributed by atoms with Gasteiger partial charge in [-0.3, -0.25) is 4.79 Å². The molecule has 0 saturated carbocycles. The van der Waals surface area contributed by atoms with Crippen molar-refractivity contribution in [3.8, 4) is 0 Å². The first kappa shape index (κ1) is 15.2. The molecule has 0 N–H and O–H groups in total. The number of benzene rings is 1. The topological polar surface area (TPSA) is 26.3 Å². The van der Waals surface area contributed by atoms with Gasteiger partial charge < -0.3 is 4.74 Å². The van der Waals surface area contributed by atoms with Crippen molar-refractivity contribution in [2.45, 2.75) is 26.2 Å². The molecule has 0 radical (unpaired) electrons. The molecule has 0 atom stereocenters. The van der Waals surface area contributed by atoms with Gasteiger partial charge in [-0.2, -0.15) is 0 Å². The summed E-state index contributed by atoms with van der Waals surface area (Å²) >= 11 is 2.97. The molecule has 5 heteroatoms. The maximum absolute atomic E-state index is 13.6. The van der Waals surface area contributed by atoms with Gasteiger partial charge in [-0.1, -0.05) is 0 Å². The van der Waals surface area contributed by atoms with E-state index < -0.39 is 11.6 Å². The predicted octanol–water partition coefficient (Wildman–Crippen LogP) is 3.66. The van der Waals surface area contributed by atoms with Gasteiger partial charge in [-0.05, 0) is 41.4 Å². The lowest BCUT2D eigenvalue weighted by molar-refractivity contribution is -0.118. The molecule has 1 rings (SSSR count). The molecule has 100 valence electrons. The van der Waals surface area contributed by atoms with Gasteiger partial charge in [0, 0.05) is 31.6 Å². The number of ketones is 1. The first-order valence-electron chi connectivity index (χ1n) is 5.78. The summed E-state index contributed by atoms with van der Waals surface area (Å²) in [4.78, 5) is 11.6. The molecule has 18 heavy (non-hydrogen) atoms. The van der Waals surface area contributed by atoms with E-state index in [4.69, 9.17) is 4.74 Å². The maximum Gasteiger partial charge on any atom is 0.143 e. The van der Waals surface area contributed by atoms with Gasteiger partial charge in [0.05, 0.1) is 4.47 Å². The molecule has 1 aromatic carbocycles. The summed E-state index contributed by atoms with van der Waals surface area (Å²) in [7, 11) is 0. The van der Waals surface area contributed by atoms with Crippen LogP contribution in [0.25, 0.3) is 0 Å². The molecule has 0 aliphatic carbocycles. The van der Waals surface area contributed by atoms with Crippen LogP contribution in [-0.4, -0.2) is 19.0 Å². The Morgan fingerprint density at radius 3 is 2.78 bits per heavy atom. The fourth-order valence-corrected chi connectivity index (χ4v) is 1.90. The molecular formula is C13H15BrF2O2. The number of ether oxygens (including phenoxy) is 1. The van der Waals surface area contributed by atoms with Crippen LogP contribution in [0.5, 0.6) is 0 Å². The first-order chi connectivity index (χ1) is 8.56. The van der Waals surface area contributed by atoms with Crippen molar-refractivity contribution in [1.82, 2.24) is 0 Å².